The maximum Gasteiger partial charge on any atom is 0.416 e. The van der Waals surface area contributed by atoms with Crippen LogP contribution < -0.4 is 5.32 Å². The lowest BCUT2D eigenvalue weighted by Crippen LogP contribution is -2.14. The number of carbonyl (C=O) groups is 1. The van der Waals surface area contributed by atoms with Gasteiger partial charge >= 0.3 is 6.18 Å². The molecule has 150 valence electrons. The molecule has 0 aliphatic rings. The second kappa shape index (κ2) is 7.91. The van der Waals surface area contributed by atoms with Crippen LogP contribution in [0.5, 0.6) is 0 Å². The molecule has 0 bridgehead atoms. The van der Waals surface area contributed by atoms with Crippen molar-refractivity contribution in [3.8, 4) is 11.3 Å². The second-order valence-electron chi connectivity index (χ2n) is 6.61. The summed E-state index contributed by atoms with van der Waals surface area (Å²) in [5.41, 5.74) is 1.60. The van der Waals surface area contributed by atoms with Gasteiger partial charge in [0.25, 0.3) is 5.91 Å². The van der Waals surface area contributed by atoms with Gasteiger partial charge < -0.3 is 5.32 Å². The standard InChI is InChI=1S/C23H14BrF3N2O/c24-16-10-8-14(9-11-16)21-13-19(18-6-1-2-7-20(18)29-21)22(30)28-17-5-3-4-15(12-17)23(25,26)27/h1-13H,(H,28,30). The van der Waals surface area contributed by atoms with Gasteiger partial charge in [0.05, 0.1) is 22.3 Å². The highest BCUT2D eigenvalue weighted by Crippen LogP contribution is 2.31. The Bertz CT molecular complexity index is 1240. The van der Waals surface area contributed by atoms with Crippen molar-refractivity contribution in [2.75, 3.05) is 5.32 Å². The number of rotatable bonds is 3. The zero-order valence-electron chi connectivity index (χ0n) is 15.4. The Morgan fingerprint density at radius 1 is 0.900 bits per heavy atom. The van der Waals surface area contributed by atoms with Gasteiger partial charge in [0.15, 0.2) is 0 Å². The van der Waals surface area contributed by atoms with Gasteiger partial charge in [-0.1, -0.05) is 52.3 Å². The summed E-state index contributed by atoms with van der Waals surface area (Å²) in [5.74, 6) is -0.508. The zero-order valence-corrected chi connectivity index (χ0v) is 17.0. The van der Waals surface area contributed by atoms with Gasteiger partial charge in [0.2, 0.25) is 0 Å². The molecule has 0 aliphatic heterocycles. The lowest BCUT2D eigenvalue weighted by Gasteiger charge is -2.12. The van der Waals surface area contributed by atoms with Crippen molar-refractivity contribution in [3.63, 3.8) is 0 Å². The quantitative estimate of drug-likeness (QED) is 0.352. The third kappa shape index (κ3) is 4.21. The number of halogens is 4. The summed E-state index contributed by atoms with van der Waals surface area (Å²) < 4.78 is 39.9. The normalized spacial score (nSPS) is 11.5. The molecule has 1 amide bonds. The first-order valence-electron chi connectivity index (χ1n) is 8.95. The molecular weight excluding hydrogens is 457 g/mol. The highest BCUT2D eigenvalue weighted by atomic mass is 79.9. The smallest absolute Gasteiger partial charge is 0.322 e. The molecule has 1 N–H and O–H groups in total. The summed E-state index contributed by atoms with van der Waals surface area (Å²) in [6.07, 6.45) is -4.49. The summed E-state index contributed by atoms with van der Waals surface area (Å²) in [7, 11) is 0. The fourth-order valence-corrected chi connectivity index (χ4v) is 3.37. The number of alkyl halides is 3. The summed E-state index contributed by atoms with van der Waals surface area (Å²) in [5, 5.41) is 3.19. The third-order valence-electron chi connectivity index (χ3n) is 4.55. The molecule has 1 heterocycles. The first-order valence-corrected chi connectivity index (χ1v) is 9.75. The Morgan fingerprint density at radius 3 is 2.37 bits per heavy atom. The number of aromatic nitrogens is 1. The minimum absolute atomic E-state index is 0.0703. The Balaban J connectivity index is 1.76. The molecule has 0 radical (unpaired) electrons. The molecule has 0 saturated heterocycles. The van der Waals surface area contributed by atoms with Crippen molar-refractivity contribution in [1.29, 1.82) is 0 Å². The maximum atomic E-state index is 13.0. The fourth-order valence-electron chi connectivity index (χ4n) is 3.10. The molecule has 0 saturated carbocycles. The fraction of sp³-hybridized carbons (Fsp3) is 0.0435. The number of nitrogens with one attached hydrogen (secondary N) is 1. The van der Waals surface area contributed by atoms with Crippen molar-refractivity contribution in [2.24, 2.45) is 0 Å². The molecule has 30 heavy (non-hydrogen) atoms. The summed E-state index contributed by atoms with van der Waals surface area (Å²) >= 11 is 3.39. The SMILES string of the molecule is O=C(Nc1cccc(C(F)(F)F)c1)c1cc(-c2ccc(Br)cc2)nc2ccccc12. The molecule has 0 atom stereocenters. The summed E-state index contributed by atoms with van der Waals surface area (Å²) in [6, 6.07) is 20.8. The minimum Gasteiger partial charge on any atom is -0.322 e. The van der Waals surface area contributed by atoms with Crippen LogP contribution in [0.15, 0.2) is 83.3 Å². The van der Waals surface area contributed by atoms with E-state index in [9.17, 15) is 18.0 Å². The predicted octanol–water partition coefficient (Wildman–Crippen LogP) is 6.94. The number of fused-ring (bicyclic) bond motifs is 1. The van der Waals surface area contributed by atoms with E-state index in [0.29, 0.717) is 22.2 Å². The number of carbonyl (C=O) groups excluding carboxylic acids is 1. The van der Waals surface area contributed by atoms with Crippen LogP contribution in [0, 0.1) is 0 Å². The van der Waals surface area contributed by atoms with Crippen LogP contribution in [0.1, 0.15) is 15.9 Å². The van der Waals surface area contributed by atoms with Crippen LogP contribution in [0.25, 0.3) is 22.2 Å². The van der Waals surface area contributed by atoms with E-state index in [2.05, 4.69) is 26.2 Å². The van der Waals surface area contributed by atoms with Crippen LogP contribution in [0.3, 0.4) is 0 Å². The summed E-state index contributed by atoms with van der Waals surface area (Å²) in [6.45, 7) is 0. The molecule has 4 rings (SSSR count). The molecule has 3 aromatic carbocycles. The molecule has 4 aromatic rings. The Kier molecular flexibility index (Phi) is 5.30. The van der Waals surface area contributed by atoms with Gasteiger partial charge in [-0.15, -0.1) is 0 Å². The number of hydrogen-bond donors (Lipinski definition) is 1. The van der Waals surface area contributed by atoms with Crippen molar-refractivity contribution in [2.45, 2.75) is 6.18 Å². The Labute approximate surface area is 178 Å². The number of nitrogens with zero attached hydrogens (tertiary/aromatic N) is 1. The molecular formula is C23H14BrF3N2O. The van der Waals surface area contributed by atoms with Crippen molar-refractivity contribution < 1.29 is 18.0 Å². The van der Waals surface area contributed by atoms with Gasteiger partial charge in [-0.05, 0) is 42.5 Å². The monoisotopic (exact) mass is 470 g/mol. The lowest BCUT2D eigenvalue weighted by molar-refractivity contribution is -0.137. The van der Waals surface area contributed by atoms with Crippen molar-refractivity contribution in [3.05, 3.63) is 94.5 Å². The predicted molar refractivity (Wildman–Crippen MR) is 114 cm³/mol. The van der Waals surface area contributed by atoms with Crippen LogP contribution in [0.2, 0.25) is 0 Å². The minimum atomic E-state index is -4.49. The molecule has 0 spiro atoms. The maximum absolute atomic E-state index is 13.0. The number of hydrogen-bond acceptors (Lipinski definition) is 2. The first-order chi connectivity index (χ1) is 14.3. The van der Waals surface area contributed by atoms with Crippen LogP contribution in [-0.4, -0.2) is 10.9 Å². The summed E-state index contributed by atoms with van der Waals surface area (Å²) in [4.78, 5) is 17.6. The van der Waals surface area contributed by atoms with Crippen LogP contribution in [0.4, 0.5) is 18.9 Å². The van der Waals surface area contributed by atoms with E-state index in [-0.39, 0.29) is 5.69 Å². The van der Waals surface area contributed by atoms with E-state index >= 15 is 0 Å². The lowest BCUT2D eigenvalue weighted by atomic mass is 10.0. The van der Waals surface area contributed by atoms with Gasteiger partial charge in [-0.2, -0.15) is 13.2 Å². The molecule has 1 aromatic heterocycles. The number of para-hydroxylation sites is 1. The second-order valence-corrected chi connectivity index (χ2v) is 7.53. The zero-order chi connectivity index (χ0) is 21.3. The number of amides is 1. The van der Waals surface area contributed by atoms with E-state index in [1.165, 1.54) is 12.1 Å². The molecule has 0 fully saturated rings. The Morgan fingerprint density at radius 2 is 1.63 bits per heavy atom. The van der Waals surface area contributed by atoms with E-state index < -0.39 is 17.6 Å². The number of benzene rings is 3. The van der Waals surface area contributed by atoms with Crippen LogP contribution in [-0.2, 0) is 6.18 Å². The average molecular weight is 471 g/mol. The van der Waals surface area contributed by atoms with E-state index in [0.717, 1.165) is 22.2 Å². The van der Waals surface area contributed by atoms with Gasteiger partial charge in [0.1, 0.15) is 0 Å². The topological polar surface area (TPSA) is 42.0 Å². The highest BCUT2D eigenvalue weighted by Gasteiger charge is 2.30. The van der Waals surface area contributed by atoms with Gasteiger partial charge in [-0.25, -0.2) is 4.98 Å². The number of anilines is 1. The van der Waals surface area contributed by atoms with Crippen molar-refractivity contribution in [1.82, 2.24) is 4.98 Å². The molecule has 7 heteroatoms. The van der Waals surface area contributed by atoms with Crippen molar-refractivity contribution >= 4 is 38.4 Å². The van der Waals surface area contributed by atoms with Crippen LogP contribution >= 0.6 is 15.9 Å². The van der Waals surface area contributed by atoms with Gasteiger partial charge in [-0.3, -0.25) is 4.79 Å². The van der Waals surface area contributed by atoms with E-state index in [1.54, 1.807) is 24.3 Å². The molecule has 0 aliphatic carbocycles. The largest absolute Gasteiger partial charge is 0.416 e. The number of pyridine rings is 1. The third-order valence-corrected chi connectivity index (χ3v) is 5.08. The first kappa shape index (κ1) is 20.1. The highest BCUT2D eigenvalue weighted by molar-refractivity contribution is 9.10. The average Bonchev–Trinajstić information content (AvgIpc) is 2.73. The molecule has 3 nitrogen and oxygen atoms in total. The van der Waals surface area contributed by atoms with E-state index in [1.807, 2.05) is 30.3 Å². The van der Waals surface area contributed by atoms with Gasteiger partial charge in [0, 0.05) is 21.1 Å². The van der Waals surface area contributed by atoms with E-state index in [4.69, 9.17) is 0 Å². The Hall–Kier alpha value is -3.19. The molecule has 0 unspecified atom stereocenters.